The molecule has 0 aromatic heterocycles. The fraction of sp³-hybridized carbons (Fsp3) is 0.364. The normalized spacial score (nSPS) is 23.4. The van der Waals surface area contributed by atoms with Gasteiger partial charge in [-0.3, -0.25) is 9.46 Å². The molecule has 0 spiro atoms. The highest BCUT2D eigenvalue weighted by atomic mass is 31.2. The number of amides is 1. The molecule has 5 unspecified atom stereocenters. The van der Waals surface area contributed by atoms with E-state index in [1.54, 1.807) is 25.0 Å². The van der Waals surface area contributed by atoms with Crippen LogP contribution in [0, 0.1) is 0 Å². The molecule has 5 rings (SSSR count). The Labute approximate surface area is 261 Å². The maximum atomic E-state index is 12.8. The van der Waals surface area contributed by atoms with E-state index < -0.39 is 32.3 Å². The molecule has 0 aliphatic carbocycles. The fourth-order valence-electron chi connectivity index (χ4n) is 5.44. The van der Waals surface area contributed by atoms with Crippen LogP contribution in [0.25, 0.3) is 0 Å². The number of benzene rings is 3. The first-order chi connectivity index (χ1) is 21.4. The van der Waals surface area contributed by atoms with E-state index in [1.165, 1.54) is 7.11 Å². The number of hydrogen-bond donors (Lipinski definition) is 0. The topological polar surface area (TPSA) is 84.9 Å². The van der Waals surface area contributed by atoms with Gasteiger partial charge >= 0.3 is 0 Å². The van der Waals surface area contributed by atoms with Crippen LogP contribution in [-0.4, -0.2) is 83.8 Å². The lowest BCUT2D eigenvalue weighted by molar-refractivity contribution is -0.130. The van der Waals surface area contributed by atoms with Crippen LogP contribution in [0.5, 0.6) is 11.5 Å². The van der Waals surface area contributed by atoms with Crippen molar-refractivity contribution in [3.8, 4) is 11.5 Å². The maximum Gasteiger partial charge on any atom is 0.293 e. The quantitative estimate of drug-likeness (QED) is 0.115. The summed E-state index contributed by atoms with van der Waals surface area (Å²) in [5, 5.41) is 0. The van der Waals surface area contributed by atoms with Crippen molar-refractivity contribution in [2.45, 2.75) is 36.3 Å². The van der Waals surface area contributed by atoms with Gasteiger partial charge in [0.15, 0.2) is 0 Å². The highest BCUT2D eigenvalue weighted by molar-refractivity contribution is 7.45. The third kappa shape index (κ3) is 6.86. The summed E-state index contributed by atoms with van der Waals surface area (Å²) in [6, 6.07) is 25.1. The summed E-state index contributed by atoms with van der Waals surface area (Å²) in [4.78, 5) is 12.8. The predicted molar refractivity (Wildman–Crippen MR) is 168 cm³/mol. The Balaban J connectivity index is 1.48. The van der Waals surface area contributed by atoms with E-state index >= 15 is 0 Å². The maximum absolute atomic E-state index is 12.8. The second kappa shape index (κ2) is 14.7. The van der Waals surface area contributed by atoms with Gasteiger partial charge in [0.1, 0.15) is 43.8 Å². The van der Waals surface area contributed by atoms with E-state index in [-0.39, 0.29) is 25.2 Å². The van der Waals surface area contributed by atoms with Crippen LogP contribution in [0.3, 0.4) is 0 Å². The van der Waals surface area contributed by atoms with Gasteiger partial charge in [0.05, 0.1) is 33.5 Å². The average Bonchev–Trinajstić information content (AvgIpc) is 3.64. The Kier molecular flexibility index (Phi) is 10.7. The predicted octanol–water partition coefficient (Wildman–Crippen LogP) is 4.97. The van der Waals surface area contributed by atoms with Crippen molar-refractivity contribution in [3.05, 3.63) is 108 Å². The SMILES string of the molecule is [B]C1CC(OP2OC(C=C)CN2C(=O)COC)C(COC(c2ccccc2)(c2ccc(OC)cc2)c2ccc(OC)cc2)O1. The minimum Gasteiger partial charge on any atom is -0.497 e. The molecule has 3 aromatic rings. The van der Waals surface area contributed by atoms with Gasteiger partial charge in [-0.05, 0) is 47.4 Å². The van der Waals surface area contributed by atoms with E-state index in [0.29, 0.717) is 13.0 Å². The summed E-state index contributed by atoms with van der Waals surface area (Å²) in [5.41, 5.74) is 1.67. The van der Waals surface area contributed by atoms with E-state index in [9.17, 15) is 4.79 Å². The molecule has 2 heterocycles. The van der Waals surface area contributed by atoms with Crippen molar-refractivity contribution >= 4 is 22.3 Å². The lowest BCUT2D eigenvalue weighted by Gasteiger charge is -2.37. The van der Waals surface area contributed by atoms with Crippen LogP contribution < -0.4 is 9.47 Å². The Morgan fingerprint density at radius 1 is 0.977 bits per heavy atom. The number of rotatable bonds is 13. The van der Waals surface area contributed by atoms with Gasteiger partial charge in [0.25, 0.3) is 14.4 Å². The first-order valence-corrected chi connectivity index (χ1v) is 15.5. The van der Waals surface area contributed by atoms with Crippen molar-refractivity contribution in [1.82, 2.24) is 4.67 Å². The highest BCUT2D eigenvalue weighted by Crippen LogP contribution is 2.52. The monoisotopic (exact) mass is 617 g/mol. The molecule has 44 heavy (non-hydrogen) atoms. The van der Waals surface area contributed by atoms with Crippen LogP contribution in [0.15, 0.2) is 91.5 Å². The molecule has 11 heteroatoms. The first kappa shape index (κ1) is 32.2. The molecule has 2 saturated heterocycles. The molecule has 230 valence electrons. The van der Waals surface area contributed by atoms with E-state index in [4.69, 9.17) is 40.6 Å². The molecule has 0 saturated carbocycles. The molecule has 1 amide bonds. The molecule has 3 aromatic carbocycles. The van der Waals surface area contributed by atoms with Gasteiger partial charge in [0.2, 0.25) is 0 Å². The molecular weight excluding hydrogens is 580 g/mol. The largest absolute Gasteiger partial charge is 0.497 e. The minimum absolute atomic E-state index is 0.0774. The second-order valence-corrected chi connectivity index (χ2v) is 11.8. The van der Waals surface area contributed by atoms with E-state index in [2.05, 4.69) is 6.58 Å². The van der Waals surface area contributed by atoms with Crippen molar-refractivity contribution < 1.29 is 37.5 Å². The van der Waals surface area contributed by atoms with Gasteiger partial charge in [-0.25, -0.2) is 0 Å². The summed E-state index contributed by atoms with van der Waals surface area (Å²) < 4.78 is 43.2. The molecule has 0 N–H and O–H groups in total. The molecular formula is C33H37BNO8P. The smallest absolute Gasteiger partial charge is 0.293 e. The lowest BCUT2D eigenvalue weighted by atomic mass is 9.80. The number of carbonyl (C=O) groups is 1. The van der Waals surface area contributed by atoms with Crippen molar-refractivity contribution in [1.29, 1.82) is 0 Å². The van der Waals surface area contributed by atoms with Crippen LogP contribution in [0.1, 0.15) is 23.1 Å². The number of nitrogens with zero attached hydrogens (tertiary/aromatic N) is 1. The van der Waals surface area contributed by atoms with Gasteiger partial charge < -0.3 is 32.7 Å². The average molecular weight is 617 g/mol. The Hall–Kier alpha value is -3.24. The molecule has 0 bridgehead atoms. The van der Waals surface area contributed by atoms with Crippen molar-refractivity contribution in [3.63, 3.8) is 0 Å². The van der Waals surface area contributed by atoms with Crippen molar-refractivity contribution in [2.24, 2.45) is 0 Å². The van der Waals surface area contributed by atoms with Gasteiger partial charge in [-0.2, -0.15) is 0 Å². The number of hydrogen-bond acceptors (Lipinski definition) is 8. The Morgan fingerprint density at radius 2 is 1.57 bits per heavy atom. The zero-order valence-corrected chi connectivity index (χ0v) is 26.1. The summed E-state index contributed by atoms with van der Waals surface area (Å²) in [5.74, 6) is 1.24. The Morgan fingerprint density at radius 3 is 2.11 bits per heavy atom. The summed E-state index contributed by atoms with van der Waals surface area (Å²) in [7, 11) is 9.31. The highest BCUT2D eigenvalue weighted by Gasteiger charge is 2.45. The molecule has 2 fully saturated rings. The molecule has 2 radical (unpaired) electrons. The summed E-state index contributed by atoms with van der Waals surface area (Å²) in [6.07, 6.45) is 0.692. The van der Waals surface area contributed by atoms with Crippen LogP contribution in [0.2, 0.25) is 0 Å². The molecule has 2 aliphatic rings. The first-order valence-electron chi connectivity index (χ1n) is 14.4. The number of ether oxygens (including phenoxy) is 5. The Bertz CT molecular complexity index is 1330. The summed E-state index contributed by atoms with van der Waals surface area (Å²) in [6.45, 7) is 4.21. The summed E-state index contributed by atoms with van der Waals surface area (Å²) >= 11 is 0. The third-order valence-corrected chi connectivity index (χ3v) is 9.37. The number of carbonyl (C=O) groups excluding carboxylic acids is 1. The number of methoxy groups -OCH3 is 3. The molecule has 5 atom stereocenters. The van der Waals surface area contributed by atoms with Crippen molar-refractivity contribution in [2.75, 3.05) is 41.1 Å². The van der Waals surface area contributed by atoms with Gasteiger partial charge in [-0.1, -0.05) is 60.7 Å². The van der Waals surface area contributed by atoms with Gasteiger partial charge in [-0.15, -0.1) is 6.58 Å². The minimum atomic E-state index is -1.73. The third-order valence-electron chi connectivity index (χ3n) is 7.69. The lowest BCUT2D eigenvalue weighted by Crippen LogP contribution is -2.38. The van der Waals surface area contributed by atoms with Crippen LogP contribution in [-0.2, 0) is 33.7 Å². The second-order valence-electron chi connectivity index (χ2n) is 10.4. The zero-order chi connectivity index (χ0) is 31.1. The molecule has 9 nitrogen and oxygen atoms in total. The fourth-order valence-corrected chi connectivity index (χ4v) is 7.09. The standard InChI is InChI=1S/C33H37BNO8P/c1-5-26-20-35(32(36)22-37-2)44(42-26)43-29-19-31(34)41-30(29)21-40-33(23-9-7-6-8-10-23,24-11-15-27(38-3)16-12-24)25-13-17-28(39-4)18-14-25/h5-18,26,29-31H,1,19-22H2,2-4H3. The van der Waals surface area contributed by atoms with Crippen LogP contribution in [0.4, 0.5) is 0 Å². The van der Waals surface area contributed by atoms with E-state index in [1.807, 2.05) is 78.9 Å². The van der Waals surface area contributed by atoms with E-state index in [0.717, 1.165) is 28.2 Å². The zero-order valence-electron chi connectivity index (χ0n) is 25.2. The van der Waals surface area contributed by atoms with Gasteiger partial charge in [0, 0.05) is 13.1 Å². The van der Waals surface area contributed by atoms with Crippen LogP contribution >= 0.6 is 8.53 Å². The molecule has 2 aliphatic heterocycles.